The molecule has 1 fully saturated rings. The van der Waals surface area contributed by atoms with Crippen molar-refractivity contribution in [1.29, 1.82) is 0 Å². The third-order valence-corrected chi connectivity index (χ3v) is 5.37. The monoisotopic (exact) mass is 466 g/mol. The topological polar surface area (TPSA) is 94.9 Å². The smallest absolute Gasteiger partial charge is 0.305 e. The lowest BCUT2D eigenvalue weighted by Crippen LogP contribution is -2.49. The highest BCUT2D eigenvalue weighted by Crippen LogP contribution is 2.22. The molecule has 0 bridgehead atoms. The third kappa shape index (κ3) is 5.07. The summed E-state index contributed by atoms with van der Waals surface area (Å²) in [5.41, 5.74) is 3.78. The van der Waals surface area contributed by atoms with Gasteiger partial charge in [-0.25, -0.2) is 9.40 Å². The molecule has 168 valence electrons. The summed E-state index contributed by atoms with van der Waals surface area (Å²) >= 11 is 5.47. The van der Waals surface area contributed by atoms with E-state index in [-0.39, 0.29) is 23.8 Å². The van der Waals surface area contributed by atoms with Gasteiger partial charge in [-0.3, -0.25) is 24.7 Å². The normalized spacial score (nSPS) is 15.6. The van der Waals surface area contributed by atoms with Crippen LogP contribution in [0.2, 0.25) is 0 Å². The lowest BCUT2D eigenvalue weighted by atomic mass is 10.1. The number of anilines is 1. The average Bonchev–Trinajstić information content (AvgIpc) is 3.42. The summed E-state index contributed by atoms with van der Waals surface area (Å²) in [6, 6.07) is 16.4. The summed E-state index contributed by atoms with van der Waals surface area (Å²) in [4.78, 5) is 39.8. The highest BCUT2D eigenvalue weighted by molar-refractivity contribution is 7.80. The van der Waals surface area contributed by atoms with E-state index in [9.17, 15) is 18.8 Å². The predicted octanol–water partition coefficient (Wildman–Crippen LogP) is 3.09. The molecule has 1 unspecified atom stereocenters. The predicted molar refractivity (Wildman–Crippen MR) is 121 cm³/mol. The van der Waals surface area contributed by atoms with Crippen molar-refractivity contribution in [3.8, 4) is 0 Å². The van der Waals surface area contributed by atoms with Crippen molar-refractivity contribution in [2.75, 3.05) is 5.32 Å². The fraction of sp³-hybridized carbons (Fsp3) is 0.130. The number of carbonyl (C=O) groups is 3. The summed E-state index contributed by atoms with van der Waals surface area (Å²) in [6.45, 7) is 0.182. The van der Waals surface area contributed by atoms with Crippen LogP contribution in [0.4, 0.5) is 10.1 Å². The molecule has 1 aliphatic rings. The fourth-order valence-corrected chi connectivity index (χ4v) is 3.68. The maximum atomic E-state index is 13.2. The zero-order valence-corrected chi connectivity index (χ0v) is 18.0. The Hall–Kier alpha value is -4.05. The summed E-state index contributed by atoms with van der Waals surface area (Å²) in [6.07, 6.45) is 1.05. The largest absolute Gasteiger partial charge is 0.459 e. The number of carbonyl (C=O) groups excluding carboxylic acids is 3. The number of hydrogen-bond donors (Lipinski definition) is 2. The maximum absolute atomic E-state index is 13.2. The van der Waals surface area contributed by atoms with Gasteiger partial charge in [-0.15, -0.1) is 0 Å². The van der Waals surface area contributed by atoms with Crippen molar-refractivity contribution in [1.82, 2.24) is 15.3 Å². The number of benzene rings is 2. The zero-order chi connectivity index (χ0) is 23.4. The Labute approximate surface area is 193 Å². The number of furan rings is 1. The molecule has 33 heavy (non-hydrogen) atoms. The molecule has 1 aliphatic heterocycles. The summed E-state index contributed by atoms with van der Waals surface area (Å²) in [7, 11) is 0. The van der Waals surface area contributed by atoms with E-state index in [4.69, 9.17) is 16.6 Å². The molecule has 2 heterocycles. The Kier molecular flexibility index (Phi) is 6.45. The molecule has 1 saturated heterocycles. The van der Waals surface area contributed by atoms with Crippen LogP contribution in [0.5, 0.6) is 0 Å². The van der Waals surface area contributed by atoms with E-state index in [1.54, 1.807) is 6.07 Å². The van der Waals surface area contributed by atoms with Gasteiger partial charge in [-0.05, 0) is 54.2 Å². The molecule has 10 heteroatoms. The van der Waals surface area contributed by atoms with Gasteiger partial charge in [0.1, 0.15) is 11.9 Å². The van der Waals surface area contributed by atoms with E-state index in [0.717, 1.165) is 5.56 Å². The van der Waals surface area contributed by atoms with E-state index in [0.29, 0.717) is 5.69 Å². The molecule has 0 saturated carbocycles. The Bertz CT molecular complexity index is 1170. The average molecular weight is 466 g/mol. The molecular formula is C23H19FN4O4S. The van der Waals surface area contributed by atoms with Crippen molar-refractivity contribution in [3.63, 3.8) is 0 Å². The van der Waals surface area contributed by atoms with Gasteiger partial charge in [0, 0.05) is 5.69 Å². The first kappa shape index (κ1) is 22.2. The van der Waals surface area contributed by atoms with Gasteiger partial charge >= 0.3 is 5.91 Å². The minimum Gasteiger partial charge on any atom is -0.459 e. The van der Waals surface area contributed by atoms with Gasteiger partial charge in [-0.1, -0.05) is 30.3 Å². The lowest BCUT2D eigenvalue weighted by molar-refractivity contribution is -0.131. The van der Waals surface area contributed by atoms with Gasteiger partial charge in [0.2, 0.25) is 5.91 Å². The Morgan fingerprint density at radius 3 is 2.42 bits per heavy atom. The Balaban J connectivity index is 1.54. The van der Waals surface area contributed by atoms with Crippen molar-refractivity contribution in [2.45, 2.75) is 19.0 Å². The van der Waals surface area contributed by atoms with Crippen LogP contribution in [0.1, 0.15) is 22.5 Å². The number of hydrazine groups is 1. The van der Waals surface area contributed by atoms with Crippen molar-refractivity contribution >= 4 is 40.7 Å². The Morgan fingerprint density at radius 1 is 1.03 bits per heavy atom. The SMILES string of the molecule is O=C(CC1C(=O)N(Cc2ccccc2)C(=S)N1NC(=O)c1ccco1)Nc1ccc(F)cc1. The van der Waals surface area contributed by atoms with E-state index in [2.05, 4.69) is 10.7 Å². The second-order valence-electron chi connectivity index (χ2n) is 7.26. The summed E-state index contributed by atoms with van der Waals surface area (Å²) in [5.74, 6) is -1.95. The number of halogens is 1. The molecule has 0 spiro atoms. The number of rotatable bonds is 7. The van der Waals surface area contributed by atoms with Crippen LogP contribution in [0, 0.1) is 5.82 Å². The van der Waals surface area contributed by atoms with Gasteiger partial charge in [0.25, 0.3) is 5.91 Å². The quantitative estimate of drug-likeness (QED) is 0.520. The van der Waals surface area contributed by atoms with Crippen LogP contribution >= 0.6 is 12.2 Å². The molecular weight excluding hydrogens is 447 g/mol. The highest BCUT2D eigenvalue weighted by atomic mass is 32.1. The van der Waals surface area contributed by atoms with Crippen molar-refractivity contribution in [3.05, 3.63) is 90.1 Å². The number of hydrogen-bond acceptors (Lipinski definition) is 5. The molecule has 4 rings (SSSR count). The minimum absolute atomic E-state index is 0.0290. The first-order valence-corrected chi connectivity index (χ1v) is 10.4. The Morgan fingerprint density at radius 2 is 1.76 bits per heavy atom. The second kappa shape index (κ2) is 9.61. The molecule has 2 aromatic carbocycles. The van der Waals surface area contributed by atoms with Gasteiger partial charge in [0.05, 0.1) is 19.2 Å². The molecule has 3 amide bonds. The highest BCUT2D eigenvalue weighted by Gasteiger charge is 2.44. The van der Waals surface area contributed by atoms with Crippen LogP contribution in [-0.2, 0) is 16.1 Å². The molecule has 1 aromatic heterocycles. The van der Waals surface area contributed by atoms with Crippen LogP contribution in [0.25, 0.3) is 0 Å². The molecule has 0 aliphatic carbocycles. The first-order chi connectivity index (χ1) is 15.9. The van der Waals surface area contributed by atoms with Crippen LogP contribution in [0.3, 0.4) is 0 Å². The minimum atomic E-state index is -1.07. The molecule has 0 radical (unpaired) electrons. The first-order valence-electron chi connectivity index (χ1n) is 10.0. The second-order valence-corrected chi connectivity index (χ2v) is 7.62. The van der Waals surface area contributed by atoms with Crippen LogP contribution < -0.4 is 10.7 Å². The fourth-order valence-electron chi connectivity index (χ4n) is 3.36. The van der Waals surface area contributed by atoms with E-state index < -0.39 is 29.6 Å². The number of nitrogens with one attached hydrogen (secondary N) is 2. The maximum Gasteiger partial charge on any atom is 0.305 e. The molecule has 3 aromatic rings. The molecule has 1 atom stereocenters. The number of nitrogens with zero attached hydrogens (tertiary/aromatic N) is 2. The van der Waals surface area contributed by atoms with Gasteiger partial charge in [0.15, 0.2) is 10.9 Å². The van der Waals surface area contributed by atoms with Gasteiger partial charge in [-0.2, -0.15) is 0 Å². The molecule has 2 N–H and O–H groups in total. The van der Waals surface area contributed by atoms with E-state index in [1.807, 2.05) is 30.3 Å². The van der Waals surface area contributed by atoms with Crippen LogP contribution in [0.15, 0.2) is 77.4 Å². The van der Waals surface area contributed by atoms with Crippen LogP contribution in [-0.4, -0.2) is 38.8 Å². The van der Waals surface area contributed by atoms with E-state index >= 15 is 0 Å². The lowest BCUT2D eigenvalue weighted by Gasteiger charge is -2.23. The van der Waals surface area contributed by atoms with Crippen molar-refractivity contribution < 1.29 is 23.2 Å². The standard InChI is InChI=1S/C23H19FN4O4S/c24-16-8-10-17(11-9-16)25-20(29)13-18-22(31)27(14-15-5-2-1-3-6-15)23(33)28(18)26-21(30)19-7-4-12-32-19/h1-12,18H,13-14H2,(H,25,29)(H,26,30). The summed E-state index contributed by atoms with van der Waals surface area (Å²) < 4.78 is 18.2. The molecule has 8 nitrogen and oxygen atoms in total. The van der Waals surface area contributed by atoms with Gasteiger partial charge < -0.3 is 9.73 Å². The zero-order valence-electron chi connectivity index (χ0n) is 17.2. The number of amides is 3. The van der Waals surface area contributed by atoms with Crippen molar-refractivity contribution in [2.24, 2.45) is 0 Å². The number of thiocarbonyl (C=S) groups is 1. The summed E-state index contributed by atoms with van der Waals surface area (Å²) in [5, 5.41) is 3.88. The van der Waals surface area contributed by atoms with E-state index in [1.165, 1.54) is 46.5 Å². The third-order valence-electron chi connectivity index (χ3n) is 4.96.